The fourth-order valence-corrected chi connectivity index (χ4v) is 3.84. The second kappa shape index (κ2) is 12.9. The van der Waals surface area contributed by atoms with Gasteiger partial charge in [0.1, 0.15) is 5.75 Å². The van der Waals surface area contributed by atoms with E-state index in [1.165, 1.54) is 7.11 Å². The Morgan fingerprint density at radius 1 is 0.778 bits per heavy atom. The van der Waals surface area contributed by atoms with Crippen molar-refractivity contribution in [2.45, 2.75) is 13.8 Å². The third-order valence-electron chi connectivity index (χ3n) is 4.97. The van der Waals surface area contributed by atoms with Crippen LogP contribution in [0.15, 0.2) is 71.2 Å². The first-order chi connectivity index (χ1) is 17.2. The number of nitrogens with zero attached hydrogens (tertiary/aromatic N) is 2. The van der Waals surface area contributed by atoms with E-state index < -0.39 is 0 Å². The SMILES string of the molecule is COc1cc(Br)cc(C=Cc2cccc(C)n2)c1O.Cc1cccc(C=Cc2cc(Cl)ccc2O)n1. The minimum Gasteiger partial charge on any atom is -0.507 e. The molecule has 0 aliphatic carbocycles. The van der Waals surface area contributed by atoms with Crippen LogP contribution in [0.4, 0.5) is 0 Å². The van der Waals surface area contributed by atoms with Gasteiger partial charge in [0.15, 0.2) is 11.5 Å². The molecule has 2 N–H and O–H groups in total. The average Bonchev–Trinajstić information content (AvgIpc) is 2.85. The van der Waals surface area contributed by atoms with Crippen LogP contribution in [-0.4, -0.2) is 27.3 Å². The maximum absolute atomic E-state index is 10.0. The molecule has 0 atom stereocenters. The summed E-state index contributed by atoms with van der Waals surface area (Å²) < 4.78 is 5.95. The Kier molecular flexibility index (Phi) is 9.68. The number of phenolic OH excluding ortho intramolecular Hbond substituents is 2. The molecule has 0 saturated heterocycles. The molecule has 0 fully saturated rings. The van der Waals surface area contributed by atoms with Gasteiger partial charge >= 0.3 is 0 Å². The number of hydrogen-bond acceptors (Lipinski definition) is 5. The number of aromatic nitrogens is 2. The second-order valence-corrected chi connectivity index (χ2v) is 9.18. The van der Waals surface area contributed by atoms with Gasteiger partial charge in [0.05, 0.1) is 18.5 Å². The van der Waals surface area contributed by atoms with Crippen molar-refractivity contribution in [3.05, 3.63) is 110 Å². The zero-order valence-electron chi connectivity index (χ0n) is 20.1. The Hall–Kier alpha value is -3.61. The fourth-order valence-electron chi connectivity index (χ4n) is 3.20. The summed E-state index contributed by atoms with van der Waals surface area (Å²) in [7, 11) is 1.52. The van der Waals surface area contributed by atoms with Crippen molar-refractivity contribution in [3.63, 3.8) is 0 Å². The molecule has 0 bridgehead atoms. The molecule has 4 aromatic rings. The fraction of sp³-hybridized carbons (Fsp3) is 0.103. The standard InChI is InChI=1S/C15H14BrNO2.C14H12ClNO/c1-10-4-3-5-13(17-10)7-6-11-8-12(16)9-14(19-2)15(11)18;1-10-3-2-4-13(16-10)7-5-11-9-12(15)6-8-14(11)17/h3-9,18H,1-2H3;2-9,17H,1H3. The molecule has 0 unspecified atom stereocenters. The number of phenols is 2. The van der Waals surface area contributed by atoms with Crippen LogP contribution in [0, 0.1) is 13.8 Å². The van der Waals surface area contributed by atoms with Gasteiger partial charge in [0.2, 0.25) is 0 Å². The molecule has 4 rings (SSSR count). The molecular weight excluding hydrogens is 540 g/mol. The molecule has 184 valence electrons. The van der Waals surface area contributed by atoms with Gasteiger partial charge < -0.3 is 14.9 Å². The molecule has 5 nitrogen and oxygen atoms in total. The van der Waals surface area contributed by atoms with Gasteiger partial charge in [-0.25, -0.2) is 0 Å². The van der Waals surface area contributed by atoms with Crippen molar-refractivity contribution in [1.82, 2.24) is 9.97 Å². The molecular formula is C29H26BrClN2O3. The summed E-state index contributed by atoms with van der Waals surface area (Å²) in [6.45, 7) is 3.88. The molecule has 0 saturated carbocycles. The van der Waals surface area contributed by atoms with Crippen LogP contribution in [0.3, 0.4) is 0 Å². The highest BCUT2D eigenvalue weighted by Crippen LogP contribution is 2.34. The molecule has 0 radical (unpaired) electrons. The first-order valence-electron chi connectivity index (χ1n) is 11.0. The Labute approximate surface area is 224 Å². The topological polar surface area (TPSA) is 75.5 Å². The highest BCUT2D eigenvalue weighted by atomic mass is 79.9. The third kappa shape index (κ3) is 7.97. The quantitative estimate of drug-likeness (QED) is 0.257. The van der Waals surface area contributed by atoms with Crippen LogP contribution in [0.2, 0.25) is 5.02 Å². The molecule has 2 heterocycles. The highest BCUT2D eigenvalue weighted by molar-refractivity contribution is 9.10. The Balaban J connectivity index is 0.000000202. The van der Waals surface area contributed by atoms with Crippen LogP contribution < -0.4 is 4.74 Å². The Morgan fingerprint density at radius 3 is 1.92 bits per heavy atom. The van der Waals surface area contributed by atoms with Crippen molar-refractivity contribution < 1.29 is 14.9 Å². The smallest absolute Gasteiger partial charge is 0.165 e. The summed E-state index contributed by atoms with van der Waals surface area (Å²) >= 11 is 9.25. The molecule has 36 heavy (non-hydrogen) atoms. The number of benzene rings is 2. The minimum absolute atomic E-state index is 0.120. The van der Waals surface area contributed by atoms with E-state index in [1.807, 2.05) is 74.5 Å². The predicted octanol–water partition coefficient (Wildman–Crippen LogP) is 7.96. The lowest BCUT2D eigenvalue weighted by Gasteiger charge is -2.07. The van der Waals surface area contributed by atoms with E-state index in [1.54, 1.807) is 30.3 Å². The normalized spacial score (nSPS) is 10.9. The maximum atomic E-state index is 10.0. The number of aryl methyl sites for hydroxylation is 2. The van der Waals surface area contributed by atoms with Gasteiger partial charge in [-0.2, -0.15) is 0 Å². The zero-order chi connectivity index (χ0) is 26.1. The van der Waals surface area contributed by atoms with E-state index in [0.29, 0.717) is 21.9 Å². The molecule has 0 spiro atoms. The molecule has 0 aliphatic heterocycles. The lowest BCUT2D eigenvalue weighted by atomic mass is 10.1. The van der Waals surface area contributed by atoms with Gasteiger partial charge in [-0.15, -0.1) is 0 Å². The van der Waals surface area contributed by atoms with Gasteiger partial charge in [-0.05, 0) is 92.7 Å². The number of methoxy groups -OCH3 is 1. The van der Waals surface area contributed by atoms with Crippen LogP contribution >= 0.6 is 27.5 Å². The number of aromatic hydroxyl groups is 2. The summed E-state index contributed by atoms with van der Waals surface area (Å²) in [5.74, 6) is 0.763. The molecule has 2 aromatic heterocycles. The molecule has 0 aliphatic rings. The van der Waals surface area contributed by atoms with E-state index in [9.17, 15) is 10.2 Å². The lowest BCUT2D eigenvalue weighted by Crippen LogP contribution is -1.87. The van der Waals surface area contributed by atoms with Crippen molar-refractivity contribution in [2.75, 3.05) is 7.11 Å². The summed E-state index contributed by atoms with van der Waals surface area (Å²) in [5.41, 5.74) is 4.97. The van der Waals surface area contributed by atoms with Gasteiger partial charge in [-0.1, -0.05) is 39.7 Å². The van der Waals surface area contributed by atoms with Crippen LogP contribution in [0.5, 0.6) is 17.2 Å². The van der Waals surface area contributed by atoms with Crippen LogP contribution in [-0.2, 0) is 0 Å². The van der Waals surface area contributed by atoms with E-state index in [0.717, 1.165) is 27.2 Å². The van der Waals surface area contributed by atoms with Gasteiger partial charge in [0.25, 0.3) is 0 Å². The first kappa shape index (κ1) is 27.0. The van der Waals surface area contributed by atoms with Crippen molar-refractivity contribution in [1.29, 1.82) is 0 Å². The predicted molar refractivity (Wildman–Crippen MR) is 151 cm³/mol. The zero-order valence-corrected chi connectivity index (χ0v) is 22.5. The molecule has 0 amide bonds. The second-order valence-electron chi connectivity index (χ2n) is 7.82. The molecule has 7 heteroatoms. The number of halogens is 2. The lowest BCUT2D eigenvalue weighted by molar-refractivity contribution is 0.372. The van der Waals surface area contributed by atoms with Gasteiger partial charge in [0, 0.05) is 32.0 Å². The summed E-state index contributed by atoms with van der Waals surface area (Å²) in [6.07, 6.45) is 7.31. The highest BCUT2D eigenvalue weighted by Gasteiger charge is 2.07. The minimum atomic E-state index is 0.120. The Bertz CT molecular complexity index is 1400. The summed E-state index contributed by atoms with van der Waals surface area (Å²) in [5, 5.41) is 20.3. The number of pyridine rings is 2. The number of rotatable bonds is 5. The van der Waals surface area contributed by atoms with E-state index in [-0.39, 0.29) is 11.5 Å². The van der Waals surface area contributed by atoms with E-state index in [2.05, 4.69) is 25.9 Å². The number of ether oxygens (including phenoxy) is 1. The summed E-state index contributed by atoms with van der Waals surface area (Å²) in [6, 6.07) is 20.1. The Morgan fingerprint density at radius 2 is 1.36 bits per heavy atom. The monoisotopic (exact) mass is 564 g/mol. The van der Waals surface area contributed by atoms with Crippen molar-refractivity contribution in [3.8, 4) is 17.2 Å². The van der Waals surface area contributed by atoms with E-state index >= 15 is 0 Å². The average molecular weight is 566 g/mol. The molecule has 2 aromatic carbocycles. The third-order valence-corrected chi connectivity index (χ3v) is 5.66. The maximum Gasteiger partial charge on any atom is 0.165 e. The number of hydrogen-bond donors (Lipinski definition) is 2. The van der Waals surface area contributed by atoms with Gasteiger partial charge in [-0.3, -0.25) is 9.97 Å². The summed E-state index contributed by atoms with van der Waals surface area (Å²) in [4.78, 5) is 8.71. The largest absolute Gasteiger partial charge is 0.507 e. The van der Waals surface area contributed by atoms with E-state index in [4.69, 9.17) is 16.3 Å². The van der Waals surface area contributed by atoms with Crippen molar-refractivity contribution in [2.24, 2.45) is 0 Å². The first-order valence-corrected chi connectivity index (χ1v) is 12.2. The van der Waals surface area contributed by atoms with Crippen LogP contribution in [0.25, 0.3) is 24.3 Å². The van der Waals surface area contributed by atoms with Crippen molar-refractivity contribution >= 4 is 51.8 Å². The van der Waals surface area contributed by atoms with Crippen LogP contribution in [0.1, 0.15) is 33.9 Å².